The number of ether oxygens (including phenoxy) is 2. The number of anilines is 2. The number of piperidine rings is 1. The summed E-state index contributed by atoms with van der Waals surface area (Å²) in [7, 11) is 0. The Hall–Kier alpha value is -4.99. The van der Waals surface area contributed by atoms with Crippen molar-refractivity contribution in [2.75, 3.05) is 25.0 Å². The van der Waals surface area contributed by atoms with E-state index in [1.54, 1.807) is 42.2 Å². The molecule has 5 rings (SSSR count). The number of amides is 1. The number of likely N-dealkylation sites (tertiary alicyclic amines) is 1. The Morgan fingerprint density at radius 3 is 2.40 bits per heavy atom. The Bertz CT molecular complexity index is 1630. The van der Waals surface area contributed by atoms with E-state index in [0.717, 1.165) is 10.2 Å². The van der Waals surface area contributed by atoms with Crippen LogP contribution >= 0.6 is 0 Å². The highest BCUT2D eigenvalue weighted by Gasteiger charge is 2.28. The fourth-order valence-electron chi connectivity index (χ4n) is 4.80. The molecule has 0 radical (unpaired) electrons. The summed E-state index contributed by atoms with van der Waals surface area (Å²) >= 11 is 0. The second-order valence-electron chi connectivity index (χ2n) is 10.0. The minimum absolute atomic E-state index is 0.121. The van der Waals surface area contributed by atoms with Crippen LogP contribution in [0.15, 0.2) is 83.8 Å². The van der Waals surface area contributed by atoms with Crippen molar-refractivity contribution in [2.45, 2.75) is 26.7 Å². The number of benzene rings is 3. The molecule has 42 heavy (non-hydrogen) atoms. The average molecular weight is 571 g/mol. The minimum Gasteiger partial charge on any atom is -0.466 e. The standard InChI is InChI=1S/C32H31FN4O5/c1-3-41-32(40)23-15-17-36(18-16-23)30(38)22-7-11-25(12-8-22)35-29-28(42-27-6-4-5-21(2)19-27)20-34-37(31(29)39)26-13-9-24(33)10-14-26/h4-14,19-20,23,35H,3,15-18H2,1-2H3. The van der Waals surface area contributed by atoms with Gasteiger partial charge in [-0.2, -0.15) is 9.78 Å². The van der Waals surface area contributed by atoms with Gasteiger partial charge in [-0.1, -0.05) is 12.1 Å². The first-order chi connectivity index (χ1) is 20.3. The predicted molar refractivity (Wildman–Crippen MR) is 156 cm³/mol. The molecular formula is C32H31FN4O5. The van der Waals surface area contributed by atoms with E-state index in [-0.39, 0.29) is 29.2 Å². The van der Waals surface area contributed by atoms with Crippen molar-refractivity contribution in [1.82, 2.24) is 14.7 Å². The highest BCUT2D eigenvalue weighted by atomic mass is 19.1. The third-order valence-electron chi connectivity index (χ3n) is 7.03. The zero-order valence-corrected chi connectivity index (χ0v) is 23.4. The fourth-order valence-corrected chi connectivity index (χ4v) is 4.80. The lowest BCUT2D eigenvalue weighted by Crippen LogP contribution is -2.40. The second kappa shape index (κ2) is 12.7. The van der Waals surface area contributed by atoms with Crippen LogP contribution in [0.3, 0.4) is 0 Å². The summed E-state index contributed by atoms with van der Waals surface area (Å²) in [6.07, 6.45) is 2.56. The van der Waals surface area contributed by atoms with Gasteiger partial charge in [-0.05, 0) is 92.9 Å². The van der Waals surface area contributed by atoms with Gasteiger partial charge in [-0.15, -0.1) is 0 Å². The largest absolute Gasteiger partial charge is 0.466 e. The molecule has 1 amide bonds. The maximum atomic E-state index is 13.6. The van der Waals surface area contributed by atoms with E-state index in [1.807, 2.05) is 25.1 Å². The summed E-state index contributed by atoms with van der Waals surface area (Å²) in [5, 5.41) is 7.38. The molecule has 1 saturated heterocycles. The molecule has 1 aliphatic heterocycles. The van der Waals surface area contributed by atoms with E-state index in [0.29, 0.717) is 55.2 Å². The molecule has 0 spiro atoms. The highest BCUT2D eigenvalue weighted by Crippen LogP contribution is 2.30. The number of aryl methyl sites for hydroxylation is 1. The van der Waals surface area contributed by atoms with Crippen molar-refractivity contribution in [3.8, 4) is 17.2 Å². The predicted octanol–water partition coefficient (Wildman–Crippen LogP) is 5.63. The number of aromatic nitrogens is 2. The first-order valence-corrected chi connectivity index (χ1v) is 13.8. The molecule has 1 fully saturated rings. The number of carbonyl (C=O) groups is 2. The first-order valence-electron chi connectivity index (χ1n) is 13.8. The van der Waals surface area contributed by atoms with E-state index in [4.69, 9.17) is 9.47 Å². The SMILES string of the molecule is CCOC(=O)C1CCN(C(=O)c2ccc(Nc3c(Oc4cccc(C)c4)cnn(-c4ccc(F)cc4)c3=O)cc2)CC1. The van der Waals surface area contributed by atoms with Crippen LogP contribution in [0.25, 0.3) is 5.69 Å². The third kappa shape index (κ3) is 6.49. The Morgan fingerprint density at radius 2 is 1.74 bits per heavy atom. The summed E-state index contributed by atoms with van der Waals surface area (Å²) in [5.74, 6) is -0.214. The van der Waals surface area contributed by atoms with Gasteiger partial charge in [0.15, 0.2) is 11.4 Å². The van der Waals surface area contributed by atoms with Crippen LogP contribution in [0.1, 0.15) is 35.7 Å². The lowest BCUT2D eigenvalue weighted by Gasteiger charge is -2.31. The maximum Gasteiger partial charge on any atom is 0.309 e. The van der Waals surface area contributed by atoms with Gasteiger partial charge in [-0.3, -0.25) is 14.4 Å². The van der Waals surface area contributed by atoms with E-state index in [9.17, 15) is 18.8 Å². The van der Waals surface area contributed by atoms with E-state index in [2.05, 4.69) is 10.4 Å². The molecule has 3 aromatic carbocycles. The Labute approximate surface area is 242 Å². The number of hydrogen-bond donors (Lipinski definition) is 1. The summed E-state index contributed by atoms with van der Waals surface area (Å²) < 4.78 is 25.8. The normalized spacial score (nSPS) is 13.5. The molecule has 0 saturated carbocycles. The third-order valence-corrected chi connectivity index (χ3v) is 7.03. The lowest BCUT2D eigenvalue weighted by molar-refractivity contribution is -0.149. The van der Waals surface area contributed by atoms with Gasteiger partial charge >= 0.3 is 5.97 Å². The molecule has 1 aromatic heterocycles. The molecule has 216 valence electrons. The summed E-state index contributed by atoms with van der Waals surface area (Å²) in [6.45, 7) is 5.01. The van der Waals surface area contributed by atoms with Gasteiger partial charge < -0.3 is 19.7 Å². The summed E-state index contributed by atoms with van der Waals surface area (Å²) in [6, 6.07) is 19.6. The molecule has 4 aromatic rings. The van der Waals surface area contributed by atoms with Crippen LogP contribution in [0.4, 0.5) is 15.8 Å². The topological polar surface area (TPSA) is 103 Å². The smallest absolute Gasteiger partial charge is 0.309 e. The van der Waals surface area contributed by atoms with Crippen molar-refractivity contribution in [1.29, 1.82) is 0 Å². The molecule has 10 heteroatoms. The number of esters is 1. The van der Waals surface area contributed by atoms with Crippen molar-refractivity contribution < 1.29 is 23.5 Å². The zero-order valence-electron chi connectivity index (χ0n) is 23.4. The molecule has 0 bridgehead atoms. The fraction of sp³-hybridized carbons (Fsp3) is 0.250. The van der Waals surface area contributed by atoms with Gasteiger partial charge in [0.1, 0.15) is 11.6 Å². The Morgan fingerprint density at radius 1 is 1.02 bits per heavy atom. The Balaban J connectivity index is 1.37. The number of nitrogens with one attached hydrogen (secondary N) is 1. The Kier molecular flexibility index (Phi) is 8.61. The van der Waals surface area contributed by atoms with Gasteiger partial charge in [0.2, 0.25) is 0 Å². The van der Waals surface area contributed by atoms with Crippen LogP contribution in [0, 0.1) is 18.7 Å². The van der Waals surface area contributed by atoms with E-state index < -0.39 is 11.4 Å². The molecule has 1 aliphatic rings. The molecule has 2 heterocycles. The van der Waals surface area contributed by atoms with Gasteiger partial charge in [-0.25, -0.2) is 4.39 Å². The number of nitrogens with zero attached hydrogens (tertiary/aromatic N) is 3. The van der Waals surface area contributed by atoms with Crippen molar-refractivity contribution in [2.24, 2.45) is 5.92 Å². The quantitative estimate of drug-likeness (QED) is 0.274. The lowest BCUT2D eigenvalue weighted by atomic mass is 9.96. The number of carbonyl (C=O) groups excluding carboxylic acids is 2. The molecular weight excluding hydrogens is 539 g/mol. The molecule has 1 N–H and O–H groups in total. The van der Waals surface area contributed by atoms with Gasteiger partial charge in [0.05, 0.1) is 24.4 Å². The van der Waals surface area contributed by atoms with Gasteiger partial charge in [0, 0.05) is 24.3 Å². The van der Waals surface area contributed by atoms with Crippen LogP contribution in [-0.4, -0.2) is 46.3 Å². The molecule has 0 atom stereocenters. The van der Waals surface area contributed by atoms with Crippen molar-refractivity contribution in [3.63, 3.8) is 0 Å². The molecule has 9 nitrogen and oxygen atoms in total. The first kappa shape index (κ1) is 28.5. The second-order valence-corrected chi connectivity index (χ2v) is 10.0. The maximum absolute atomic E-state index is 13.6. The minimum atomic E-state index is -0.503. The highest BCUT2D eigenvalue weighted by molar-refractivity contribution is 5.94. The van der Waals surface area contributed by atoms with E-state index in [1.165, 1.54) is 30.5 Å². The summed E-state index contributed by atoms with van der Waals surface area (Å²) in [4.78, 5) is 40.5. The van der Waals surface area contributed by atoms with Crippen molar-refractivity contribution >= 4 is 23.3 Å². The average Bonchev–Trinajstić information content (AvgIpc) is 3.00. The van der Waals surface area contributed by atoms with Crippen LogP contribution in [-0.2, 0) is 9.53 Å². The zero-order chi connectivity index (χ0) is 29.6. The van der Waals surface area contributed by atoms with Crippen molar-refractivity contribution in [3.05, 3.63) is 106 Å². The molecule has 0 aliphatic carbocycles. The van der Waals surface area contributed by atoms with Gasteiger partial charge in [0.25, 0.3) is 11.5 Å². The number of rotatable bonds is 8. The summed E-state index contributed by atoms with van der Waals surface area (Å²) in [5.41, 5.74) is 2.03. The number of hydrogen-bond acceptors (Lipinski definition) is 7. The van der Waals surface area contributed by atoms with Crippen LogP contribution in [0.5, 0.6) is 11.5 Å². The van der Waals surface area contributed by atoms with E-state index >= 15 is 0 Å². The monoisotopic (exact) mass is 570 g/mol. The van der Waals surface area contributed by atoms with Crippen LogP contribution < -0.4 is 15.6 Å². The number of halogens is 1. The van der Waals surface area contributed by atoms with Crippen LogP contribution in [0.2, 0.25) is 0 Å². The molecule has 0 unspecified atom stereocenters.